The topological polar surface area (TPSA) is 13.1 Å². The van der Waals surface area contributed by atoms with Gasteiger partial charge in [0.1, 0.15) is 5.76 Å². The highest BCUT2D eigenvalue weighted by Gasteiger charge is 2.27. The van der Waals surface area contributed by atoms with Gasteiger partial charge in [-0.3, -0.25) is 0 Å². The lowest BCUT2D eigenvalue weighted by molar-refractivity contribution is 0.494. The van der Waals surface area contributed by atoms with E-state index in [-0.39, 0.29) is 0 Å². The van der Waals surface area contributed by atoms with Gasteiger partial charge >= 0.3 is 0 Å². The fraction of sp³-hybridized carbons (Fsp3) is 0.385. The first-order valence-corrected chi connectivity index (χ1v) is 6.37. The van der Waals surface area contributed by atoms with E-state index in [1.165, 1.54) is 0 Å². The summed E-state index contributed by atoms with van der Waals surface area (Å²) in [5.41, 5.74) is 0.803. The molecule has 3 rings (SSSR count). The Morgan fingerprint density at radius 1 is 1.25 bits per heavy atom. The number of alkyl halides is 1. The van der Waals surface area contributed by atoms with Gasteiger partial charge in [-0.15, -0.1) is 11.6 Å². The number of hydrogen-bond donors (Lipinski definition) is 0. The standard InChI is InChI=1S/C13H12Cl2O/c14-10-5-4-8(6-10)12-7-9-2-1-3-11(15)13(9)16-12/h1-3,7-8,10H,4-6H2. The van der Waals surface area contributed by atoms with Crippen LogP contribution in [-0.4, -0.2) is 5.38 Å². The van der Waals surface area contributed by atoms with Crippen LogP contribution in [-0.2, 0) is 0 Å². The van der Waals surface area contributed by atoms with Gasteiger partial charge in [-0.2, -0.15) is 0 Å². The van der Waals surface area contributed by atoms with E-state index in [1.54, 1.807) is 0 Å². The maximum absolute atomic E-state index is 6.12. The van der Waals surface area contributed by atoms with E-state index in [9.17, 15) is 0 Å². The highest BCUT2D eigenvalue weighted by Crippen LogP contribution is 2.40. The number of para-hydroxylation sites is 1. The van der Waals surface area contributed by atoms with Crippen molar-refractivity contribution < 1.29 is 4.42 Å². The van der Waals surface area contributed by atoms with Crippen molar-refractivity contribution in [1.82, 2.24) is 0 Å². The fourth-order valence-electron chi connectivity index (χ4n) is 2.43. The van der Waals surface area contributed by atoms with Crippen molar-refractivity contribution in [2.45, 2.75) is 30.6 Å². The molecule has 1 aliphatic carbocycles. The van der Waals surface area contributed by atoms with E-state index in [0.29, 0.717) is 16.3 Å². The quantitative estimate of drug-likeness (QED) is 0.656. The highest BCUT2D eigenvalue weighted by molar-refractivity contribution is 6.34. The summed E-state index contributed by atoms with van der Waals surface area (Å²) in [4.78, 5) is 0. The predicted molar refractivity (Wildman–Crippen MR) is 67.5 cm³/mol. The van der Waals surface area contributed by atoms with Crippen molar-refractivity contribution in [3.8, 4) is 0 Å². The third-order valence-electron chi connectivity index (χ3n) is 3.29. The molecule has 1 heterocycles. The van der Waals surface area contributed by atoms with Gasteiger partial charge in [0.15, 0.2) is 5.58 Å². The SMILES string of the molecule is Clc1cccc2cc(C3CCC(Cl)C3)oc12. The van der Waals surface area contributed by atoms with Gasteiger partial charge < -0.3 is 4.42 Å². The molecule has 1 aliphatic rings. The molecule has 1 fully saturated rings. The van der Waals surface area contributed by atoms with Crippen LogP contribution in [0.25, 0.3) is 11.0 Å². The van der Waals surface area contributed by atoms with Gasteiger partial charge in [-0.25, -0.2) is 0 Å². The maximum Gasteiger partial charge on any atom is 0.152 e. The molecule has 16 heavy (non-hydrogen) atoms. The summed E-state index contributed by atoms with van der Waals surface area (Å²) in [6, 6.07) is 7.93. The number of furan rings is 1. The molecular formula is C13H12Cl2O. The molecule has 1 saturated carbocycles. The Hall–Kier alpha value is -0.660. The van der Waals surface area contributed by atoms with E-state index in [4.69, 9.17) is 27.6 Å². The third kappa shape index (κ3) is 1.72. The maximum atomic E-state index is 6.12. The lowest BCUT2D eigenvalue weighted by Crippen LogP contribution is -1.91. The van der Waals surface area contributed by atoms with Crippen molar-refractivity contribution >= 4 is 34.2 Å². The molecule has 3 heteroatoms. The molecule has 1 aromatic carbocycles. The van der Waals surface area contributed by atoms with Gasteiger partial charge in [0.05, 0.1) is 5.02 Å². The highest BCUT2D eigenvalue weighted by atomic mass is 35.5. The minimum atomic E-state index is 0.300. The molecule has 84 valence electrons. The summed E-state index contributed by atoms with van der Waals surface area (Å²) < 4.78 is 5.84. The Bertz CT molecular complexity index is 518. The first-order chi connectivity index (χ1) is 7.74. The van der Waals surface area contributed by atoms with Crippen LogP contribution in [0.5, 0.6) is 0 Å². The summed E-state index contributed by atoms with van der Waals surface area (Å²) in [7, 11) is 0. The first-order valence-electron chi connectivity index (χ1n) is 5.56. The largest absolute Gasteiger partial charge is 0.459 e. The number of benzene rings is 1. The van der Waals surface area contributed by atoms with E-state index < -0.39 is 0 Å². The summed E-state index contributed by atoms with van der Waals surface area (Å²) in [6.45, 7) is 0. The zero-order chi connectivity index (χ0) is 11.1. The molecule has 1 aromatic heterocycles. The minimum Gasteiger partial charge on any atom is -0.459 e. The molecule has 0 radical (unpaired) electrons. The Morgan fingerprint density at radius 2 is 2.12 bits per heavy atom. The fourth-order valence-corrected chi connectivity index (χ4v) is 2.99. The molecule has 2 unspecified atom stereocenters. The Balaban J connectivity index is 2.02. The minimum absolute atomic E-state index is 0.300. The van der Waals surface area contributed by atoms with E-state index in [0.717, 1.165) is 36.0 Å². The molecule has 0 N–H and O–H groups in total. The molecule has 0 spiro atoms. The lowest BCUT2D eigenvalue weighted by atomic mass is 10.1. The normalized spacial score (nSPS) is 25.4. The van der Waals surface area contributed by atoms with Crippen LogP contribution < -0.4 is 0 Å². The van der Waals surface area contributed by atoms with Gasteiger partial charge in [-0.1, -0.05) is 23.7 Å². The zero-order valence-corrected chi connectivity index (χ0v) is 10.3. The molecule has 2 aromatic rings. The van der Waals surface area contributed by atoms with Gasteiger partial charge in [0.25, 0.3) is 0 Å². The van der Waals surface area contributed by atoms with Crippen LogP contribution in [0, 0.1) is 0 Å². The van der Waals surface area contributed by atoms with E-state index in [1.807, 2.05) is 18.2 Å². The second kappa shape index (κ2) is 3.97. The second-order valence-electron chi connectivity index (χ2n) is 4.41. The third-order valence-corrected chi connectivity index (χ3v) is 3.98. The number of hydrogen-bond acceptors (Lipinski definition) is 1. The van der Waals surface area contributed by atoms with Crippen LogP contribution in [0.4, 0.5) is 0 Å². The Labute approximate surface area is 104 Å². The molecule has 2 atom stereocenters. The summed E-state index contributed by atoms with van der Waals surface area (Å²) in [5.74, 6) is 1.50. The van der Waals surface area contributed by atoms with E-state index in [2.05, 4.69) is 6.07 Å². The first kappa shape index (κ1) is 10.5. The summed E-state index contributed by atoms with van der Waals surface area (Å²) >= 11 is 12.2. The van der Waals surface area contributed by atoms with Crippen LogP contribution in [0.1, 0.15) is 30.9 Å². The van der Waals surface area contributed by atoms with Gasteiger partial charge in [0, 0.05) is 16.7 Å². The number of rotatable bonds is 1. The number of fused-ring (bicyclic) bond motifs is 1. The molecule has 0 aliphatic heterocycles. The van der Waals surface area contributed by atoms with Crippen molar-refractivity contribution in [3.05, 3.63) is 35.0 Å². The van der Waals surface area contributed by atoms with Crippen molar-refractivity contribution in [2.24, 2.45) is 0 Å². The van der Waals surface area contributed by atoms with Crippen molar-refractivity contribution in [2.75, 3.05) is 0 Å². The lowest BCUT2D eigenvalue weighted by Gasteiger charge is -2.03. The van der Waals surface area contributed by atoms with Crippen LogP contribution in [0.3, 0.4) is 0 Å². The van der Waals surface area contributed by atoms with Crippen LogP contribution in [0.2, 0.25) is 5.02 Å². The average molecular weight is 255 g/mol. The molecule has 0 amide bonds. The van der Waals surface area contributed by atoms with E-state index >= 15 is 0 Å². The molecule has 0 saturated heterocycles. The predicted octanol–water partition coefficient (Wildman–Crippen LogP) is 4.96. The Kier molecular flexibility index (Phi) is 2.61. The monoisotopic (exact) mass is 254 g/mol. The van der Waals surface area contributed by atoms with Crippen LogP contribution >= 0.6 is 23.2 Å². The summed E-state index contributed by atoms with van der Waals surface area (Å²) in [6.07, 6.45) is 3.21. The second-order valence-corrected chi connectivity index (χ2v) is 5.44. The smallest absolute Gasteiger partial charge is 0.152 e. The number of halogens is 2. The van der Waals surface area contributed by atoms with Gasteiger partial charge in [0.2, 0.25) is 0 Å². The molecule has 0 bridgehead atoms. The Morgan fingerprint density at radius 3 is 2.81 bits per heavy atom. The van der Waals surface area contributed by atoms with Crippen molar-refractivity contribution in [3.63, 3.8) is 0 Å². The molecule has 1 nitrogen and oxygen atoms in total. The van der Waals surface area contributed by atoms with Gasteiger partial charge in [-0.05, 0) is 31.4 Å². The van der Waals surface area contributed by atoms with Crippen molar-refractivity contribution in [1.29, 1.82) is 0 Å². The summed E-state index contributed by atoms with van der Waals surface area (Å²) in [5, 5.41) is 2.07. The average Bonchev–Trinajstić information content (AvgIpc) is 2.84. The molecular weight excluding hydrogens is 243 g/mol. The zero-order valence-electron chi connectivity index (χ0n) is 8.75. The van der Waals surface area contributed by atoms with Crippen LogP contribution in [0.15, 0.2) is 28.7 Å².